The van der Waals surface area contributed by atoms with Gasteiger partial charge in [-0.15, -0.1) is 19.8 Å². The maximum atomic E-state index is 14.0. The molecular weight excluding hydrogens is 411 g/mol. The molecule has 0 radical (unpaired) electrons. The predicted molar refractivity (Wildman–Crippen MR) is 112 cm³/mol. The molecule has 0 atom stereocenters. The summed E-state index contributed by atoms with van der Waals surface area (Å²) in [7, 11) is 0. The zero-order chi connectivity index (χ0) is 22.4. The number of halogens is 5. The van der Waals surface area contributed by atoms with Crippen molar-refractivity contribution in [2.45, 2.75) is 89.3 Å². The largest absolute Gasteiger partial charge is 0.573 e. The highest BCUT2D eigenvalue weighted by Crippen LogP contribution is 2.41. The van der Waals surface area contributed by atoms with Crippen LogP contribution in [0.4, 0.5) is 22.0 Å². The molecule has 2 aliphatic carbocycles. The summed E-state index contributed by atoms with van der Waals surface area (Å²) >= 11 is 0. The lowest BCUT2D eigenvalue weighted by molar-refractivity contribution is -0.276. The fourth-order valence-corrected chi connectivity index (χ4v) is 5.45. The van der Waals surface area contributed by atoms with Gasteiger partial charge in [0.05, 0.1) is 0 Å². The van der Waals surface area contributed by atoms with Gasteiger partial charge in [-0.1, -0.05) is 44.6 Å². The topological polar surface area (TPSA) is 9.23 Å². The molecule has 0 saturated heterocycles. The van der Waals surface area contributed by atoms with E-state index < -0.39 is 23.7 Å². The Bertz CT molecular complexity index is 690. The molecular formula is C25H33F5O. The molecule has 2 aliphatic rings. The molecule has 0 spiro atoms. The van der Waals surface area contributed by atoms with Crippen LogP contribution in [0.5, 0.6) is 5.75 Å². The van der Waals surface area contributed by atoms with Crippen LogP contribution in [-0.2, 0) is 0 Å². The minimum Gasteiger partial charge on any atom is -0.399 e. The van der Waals surface area contributed by atoms with Gasteiger partial charge in [0.2, 0.25) is 5.75 Å². The number of hydrogen-bond donors (Lipinski definition) is 0. The van der Waals surface area contributed by atoms with Crippen molar-refractivity contribution in [1.82, 2.24) is 0 Å². The van der Waals surface area contributed by atoms with E-state index in [4.69, 9.17) is 0 Å². The van der Waals surface area contributed by atoms with Gasteiger partial charge in [0.15, 0.2) is 11.6 Å². The molecule has 0 bridgehead atoms. The van der Waals surface area contributed by atoms with Crippen LogP contribution >= 0.6 is 0 Å². The van der Waals surface area contributed by atoms with Crippen molar-refractivity contribution >= 4 is 0 Å². The van der Waals surface area contributed by atoms with Crippen molar-refractivity contribution in [1.29, 1.82) is 0 Å². The van der Waals surface area contributed by atoms with Crippen LogP contribution < -0.4 is 4.74 Å². The number of allylic oxidation sites excluding steroid dienone is 1. The molecule has 6 heteroatoms. The smallest absolute Gasteiger partial charge is 0.399 e. The van der Waals surface area contributed by atoms with Crippen molar-refractivity contribution < 1.29 is 26.7 Å². The van der Waals surface area contributed by atoms with E-state index >= 15 is 0 Å². The Labute approximate surface area is 182 Å². The van der Waals surface area contributed by atoms with Gasteiger partial charge >= 0.3 is 6.36 Å². The first-order valence-corrected chi connectivity index (χ1v) is 11.6. The van der Waals surface area contributed by atoms with E-state index in [9.17, 15) is 22.0 Å². The molecule has 2 saturated carbocycles. The summed E-state index contributed by atoms with van der Waals surface area (Å²) in [4.78, 5) is 0. The van der Waals surface area contributed by atoms with Gasteiger partial charge < -0.3 is 4.74 Å². The molecule has 1 nitrogen and oxygen atoms in total. The lowest BCUT2D eigenvalue weighted by Crippen LogP contribution is -2.20. The average Bonchev–Trinajstić information content (AvgIpc) is 2.73. The SMILES string of the molecule is C=CCCC1CCC(CCC2CCC(c3cc(F)c(OC(F)(F)F)c(F)c3)CC2)CC1. The van der Waals surface area contributed by atoms with Gasteiger partial charge in [-0.05, 0) is 79.9 Å². The number of hydrogen-bond acceptors (Lipinski definition) is 1. The Morgan fingerprint density at radius 1 is 0.806 bits per heavy atom. The summed E-state index contributed by atoms with van der Waals surface area (Å²) in [5, 5.41) is 0. The molecule has 31 heavy (non-hydrogen) atoms. The van der Waals surface area contributed by atoms with E-state index in [1.807, 2.05) is 6.08 Å². The highest BCUT2D eigenvalue weighted by atomic mass is 19.4. The standard InChI is InChI=1S/C25H33F5O/c1-2-3-4-17-5-7-18(8-6-17)9-10-19-11-13-20(14-12-19)21-15-22(26)24(23(27)16-21)31-25(28,29)30/h2,15-20H,1,3-14H2. The van der Waals surface area contributed by atoms with Gasteiger partial charge in [0.1, 0.15) is 0 Å². The fraction of sp³-hybridized carbons (Fsp3) is 0.680. The van der Waals surface area contributed by atoms with Crippen LogP contribution in [0, 0.1) is 29.4 Å². The molecule has 1 aromatic rings. The average molecular weight is 445 g/mol. The van der Waals surface area contributed by atoms with E-state index in [-0.39, 0.29) is 5.92 Å². The third kappa shape index (κ3) is 7.21. The fourth-order valence-electron chi connectivity index (χ4n) is 5.45. The Morgan fingerprint density at radius 2 is 1.26 bits per heavy atom. The van der Waals surface area contributed by atoms with E-state index in [1.165, 1.54) is 44.9 Å². The van der Waals surface area contributed by atoms with Gasteiger partial charge in [0, 0.05) is 0 Å². The molecule has 0 amide bonds. The van der Waals surface area contributed by atoms with Crippen LogP contribution in [-0.4, -0.2) is 6.36 Å². The summed E-state index contributed by atoms with van der Waals surface area (Å²) in [5.41, 5.74) is 0.431. The first-order chi connectivity index (χ1) is 14.7. The number of ether oxygens (including phenoxy) is 1. The first kappa shape index (κ1) is 24.1. The highest BCUT2D eigenvalue weighted by molar-refractivity contribution is 5.33. The van der Waals surface area contributed by atoms with Crippen molar-refractivity contribution in [3.63, 3.8) is 0 Å². The quantitative estimate of drug-likeness (QED) is 0.288. The minimum atomic E-state index is -5.12. The van der Waals surface area contributed by atoms with E-state index in [2.05, 4.69) is 11.3 Å². The lowest BCUT2D eigenvalue weighted by Gasteiger charge is -2.32. The zero-order valence-electron chi connectivity index (χ0n) is 18.0. The Kier molecular flexibility index (Phi) is 8.40. The summed E-state index contributed by atoms with van der Waals surface area (Å²) in [6.45, 7) is 3.81. The number of rotatable bonds is 8. The molecule has 2 fully saturated rings. The first-order valence-electron chi connectivity index (χ1n) is 11.6. The van der Waals surface area contributed by atoms with Crippen LogP contribution in [0.2, 0.25) is 0 Å². The number of benzene rings is 1. The normalized spacial score (nSPS) is 27.1. The monoisotopic (exact) mass is 444 g/mol. The van der Waals surface area contributed by atoms with Crippen LogP contribution in [0.15, 0.2) is 24.8 Å². The highest BCUT2D eigenvalue weighted by Gasteiger charge is 2.35. The van der Waals surface area contributed by atoms with Gasteiger partial charge in [-0.3, -0.25) is 0 Å². The molecule has 3 rings (SSSR count). The van der Waals surface area contributed by atoms with Crippen molar-refractivity contribution in [3.8, 4) is 5.75 Å². The van der Waals surface area contributed by atoms with Crippen LogP contribution in [0.1, 0.15) is 88.5 Å². The summed E-state index contributed by atoms with van der Waals surface area (Å²) in [5.74, 6) is -1.65. The van der Waals surface area contributed by atoms with Crippen LogP contribution in [0.3, 0.4) is 0 Å². The molecule has 0 unspecified atom stereocenters. The van der Waals surface area contributed by atoms with Gasteiger partial charge in [-0.25, -0.2) is 8.78 Å². The van der Waals surface area contributed by atoms with Crippen molar-refractivity contribution in [2.24, 2.45) is 17.8 Å². The second-order valence-corrected chi connectivity index (χ2v) is 9.41. The summed E-state index contributed by atoms with van der Waals surface area (Å²) in [6, 6.07) is 2.00. The number of alkyl halides is 3. The van der Waals surface area contributed by atoms with Gasteiger partial charge in [0.25, 0.3) is 0 Å². The third-order valence-corrected chi connectivity index (χ3v) is 7.29. The Balaban J connectivity index is 1.43. The Hall–Kier alpha value is -1.59. The molecule has 174 valence electrons. The third-order valence-electron chi connectivity index (χ3n) is 7.29. The van der Waals surface area contributed by atoms with E-state index in [0.717, 1.165) is 56.1 Å². The molecule has 0 aromatic heterocycles. The molecule has 0 N–H and O–H groups in total. The maximum absolute atomic E-state index is 14.0. The molecule has 0 heterocycles. The predicted octanol–water partition coefficient (Wildman–Crippen LogP) is 8.69. The lowest BCUT2D eigenvalue weighted by atomic mass is 9.74. The Morgan fingerprint density at radius 3 is 1.71 bits per heavy atom. The van der Waals surface area contributed by atoms with Gasteiger partial charge in [-0.2, -0.15) is 0 Å². The molecule has 0 aliphatic heterocycles. The van der Waals surface area contributed by atoms with E-state index in [0.29, 0.717) is 11.5 Å². The maximum Gasteiger partial charge on any atom is 0.573 e. The van der Waals surface area contributed by atoms with Crippen molar-refractivity contribution in [3.05, 3.63) is 42.0 Å². The summed E-state index contributed by atoms with van der Waals surface area (Å²) < 4.78 is 68.5. The minimum absolute atomic E-state index is 0.0134. The molecule has 1 aromatic carbocycles. The van der Waals surface area contributed by atoms with E-state index in [1.54, 1.807) is 0 Å². The summed E-state index contributed by atoms with van der Waals surface area (Å²) in [6.07, 6.45) is 10.7. The zero-order valence-corrected chi connectivity index (χ0v) is 18.0. The second kappa shape index (κ2) is 10.8. The van der Waals surface area contributed by atoms with Crippen molar-refractivity contribution in [2.75, 3.05) is 0 Å². The van der Waals surface area contributed by atoms with Crippen LogP contribution in [0.25, 0.3) is 0 Å². The second-order valence-electron chi connectivity index (χ2n) is 9.41.